The second-order valence-corrected chi connectivity index (χ2v) is 6.20. The second-order valence-electron chi connectivity index (χ2n) is 5.42. The van der Waals surface area contributed by atoms with Crippen LogP contribution in [-0.4, -0.2) is 30.6 Å². The maximum atomic E-state index is 12.5. The van der Waals surface area contributed by atoms with E-state index in [4.69, 9.17) is 9.47 Å². The van der Waals surface area contributed by atoms with Crippen molar-refractivity contribution in [3.05, 3.63) is 45.6 Å². The summed E-state index contributed by atoms with van der Waals surface area (Å²) in [6, 6.07) is 5.97. The van der Waals surface area contributed by atoms with Gasteiger partial charge in [-0.2, -0.15) is 11.3 Å². The molecule has 3 rings (SSSR count). The largest absolute Gasteiger partial charge is 0.490 e. The summed E-state index contributed by atoms with van der Waals surface area (Å²) in [7, 11) is 0. The number of nitrogens with zero attached hydrogens (tertiary/aromatic N) is 1. The van der Waals surface area contributed by atoms with Gasteiger partial charge in [-0.1, -0.05) is 0 Å². The quantitative estimate of drug-likeness (QED) is 0.838. The second kappa shape index (κ2) is 7.04. The normalized spacial score (nSPS) is 13.6. The highest BCUT2D eigenvalue weighted by atomic mass is 32.1. The van der Waals surface area contributed by atoms with E-state index in [-0.39, 0.29) is 5.91 Å². The minimum absolute atomic E-state index is 0.101. The molecule has 2 heterocycles. The molecule has 0 fully saturated rings. The van der Waals surface area contributed by atoms with Crippen LogP contribution in [0.3, 0.4) is 0 Å². The average Bonchev–Trinajstić information content (AvgIpc) is 3.09. The third-order valence-corrected chi connectivity index (χ3v) is 4.62. The molecule has 122 valence electrons. The summed E-state index contributed by atoms with van der Waals surface area (Å²) in [5, 5.41) is 3.84. The fourth-order valence-electron chi connectivity index (χ4n) is 2.84. The Hall–Kier alpha value is -2.01. The zero-order chi connectivity index (χ0) is 16.2. The topological polar surface area (TPSA) is 38.8 Å². The smallest absolute Gasteiger partial charge is 0.255 e. The van der Waals surface area contributed by atoms with E-state index in [2.05, 4.69) is 6.07 Å². The van der Waals surface area contributed by atoms with Crippen molar-refractivity contribution in [2.75, 3.05) is 19.8 Å². The molecule has 0 aliphatic carbocycles. The van der Waals surface area contributed by atoms with Crippen LogP contribution in [0.15, 0.2) is 29.0 Å². The molecule has 1 amide bonds. The number of thiophene rings is 1. The molecule has 0 bridgehead atoms. The van der Waals surface area contributed by atoms with Gasteiger partial charge < -0.3 is 14.4 Å². The highest BCUT2D eigenvalue weighted by Crippen LogP contribution is 2.34. The molecule has 5 heteroatoms. The number of hydrogen-bond donors (Lipinski definition) is 0. The number of amides is 1. The first kappa shape index (κ1) is 15.9. The molecule has 0 atom stereocenters. The number of ether oxygens (including phenoxy) is 2. The Balaban J connectivity index is 1.85. The van der Waals surface area contributed by atoms with Gasteiger partial charge in [-0.3, -0.25) is 4.79 Å². The van der Waals surface area contributed by atoms with E-state index in [1.165, 1.54) is 5.56 Å². The van der Waals surface area contributed by atoms with E-state index in [9.17, 15) is 4.79 Å². The van der Waals surface area contributed by atoms with Crippen LogP contribution in [0.2, 0.25) is 0 Å². The Bertz CT molecular complexity index is 682. The van der Waals surface area contributed by atoms with E-state index in [1.54, 1.807) is 11.3 Å². The van der Waals surface area contributed by atoms with Crippen LogP contribution in [0.5, 0.6) is 11.5 Å². The Morgan fingerprint density at radius 1 is 1.17 bits per heavy atom. The Morgan fingerprint density at radius 3 is 2.48 bits per heavy atom. The maximum absolute atomic E-state index is 12.5. The third-order valence-electron chi connectivity index (χ3n) is 3.93. The zero-order valence-corrected chi connectivity index (χ0v) is 14.3. The van der Waals surface area contributed by atoms with Crippen molar-refractivity contribution in [3.63, 3.8) is 0 Å². The summed E-state index contributed by atoms with van der Waals surface area (Å²) in [5.74, 6) is 1.66. The summed E-state index contributed by atoms with van der Waals surface area (Å²) in [4.78, 5) is 14.4. The highest BCUT2D eigenvalue weighted by molar-refractivity contribution is 7.08. The van der Waals surface area contributed by atoms with Crippen molar-refractivity contribution in [2.45, 2.75) is 26.8 Å². The lowest BCUT2D eigenvalue weighted by atomic mass is 9.98. The number of hydrogen-bond acceptors (Lipinski definition) is 4. The highest BCUT2D eigenvalue weighted by Gasteiger charge is 2.24. The van der Waals surface area contributed by atoms with Gasteiger partial charge in [0, 0.05) is 18.5 Å². The molecule has 1 aliphatic rings. The number of fused-ring (bicyclic) bond motifs is 1. The number of carbonyl (C=O) groups is 1. The molecule has 1 aromatic carbocycles. The summed E-state index contributed by atoms with van der Waals surface area (Å²) in [6.07, 6.45) is 0.845. The van der Waals surface area contributed by atoms with Crippen LogP contribution < -0.4 is 9.47 Å². The number of carbonyl (C=O) groups excluding carboxylic acids is 1. The van der Waals surface area contributed by atoms with Gasteiger partial charge in [0.25, 0.3) is 5.91 Å². The standard InChI is InChI=1S/C18H21NO3S/c1-3-21-16-9-13-5-7-19(18(20)14-6-8-23-12-14)11-15(13)10-17(16)22-4-2/h6,8-10,12H,3-5,7,11H2,1-2H3. The molecule has 0 saturated carbocycles. The minimum Gasteiger partial charge on any atom is -0.490 e. The summed E-state index contributed by atoms with van der Waals surface area (Å²) >= 11 is 1.55. The van der Waals surface area contributed by atoms with Gasteiger partial charge in [-0.15, -0.1) is 0 Å². The number of benzene rings is 1. The fourth-order valence-corrected chi connectivity index (χ4v) is 3.47. The molecule has 1 aromatic heterocycles. The molecule has 0 unspecified atom stereocenters. The Morgan fingerprint density at radius 2 is 1.87 bits per heavy atom. The first-order valence-electron chi connectivity index (χ1n) is 7.95. The van der Waals surface area contributed by atoms with Crippen LogP contribution >= 0.6 is 11.3 Å². The van der Waals surface area contributed by atoms with Crippen LogP contribution in [0.25, 0.3) is 0 Å². The fraction of sp³-hybridized carbons (Fsp3) is 0.389. The first-order chi connectivity index (χ1) is 11.2. The predicted molar refractivity (Wildman–Crippen MR) is 91.5 cm³/mol. The van der Waals surface area contributed by atoms with E-state index in [1.807, 2.05) is 41.6 Å². The summed E-state index contributed by atoms with van der Waals surface area (Å²) in [5.41, 5.74) is 3.16. The van der Waals surface area contributed by atoms with Crippen LogP contribution in [0.4, 0.5) is 0 Å². The number of rotatable bonds is 5. The van der Waals surface area contributed by atoms with Crippen molar-refractivity contribution >= 4 is 17.2 Å². The molecule has 1 aliphatic heterocycles. The summed E-state index contributed by atoms with van der Waals surface area (Å²) in [6.45, 7) is 6.49. The van der Waals surface area contributed by atoms with E-state index < -0.39 is 0 Å². The lowest BCUT2D eigenvalue weighted by molar-refractivity contribution is 0.0735. The maximum Gasteiger partial charge on any atom is 0.255 e. The monoisotopic (exact) mass is 331 g/mol. The molecule has 0 spiro atoms. The van der Waals surface area contributed by atoms with Gasteiger partial charge in [0.05, 0.1) is 18.8 Å². The van der Waals surface area contributed by atoms with Crippen LogP contribution in [0.1, 0.15) is 35.3 Å². The van der Waals surface area contributed by atoms with Gasteiger partial charge in [-0.05, 0) is 55.0 Å². The van der Waals surface area contributed by atoms with Crippen molar-refractivity contribution in [1.82, 2.24) is 4.90 Å². The molecule has 2 aromatic rings. The predicted octanol–water partition coefficient (Wildman–Crippen LogP) is 3.74. The first-order valence-corrected chi connectivity index (χ1v) is 8.90. The SMILES string of the molecule is CCOc1cc2c(cc1OCC)CN(C(=O)c1ccsc1)CC2. The molecule has 4 nitrogen and oxygen atoms in total. The average molecular weight is 331 g/mol. The molecular formula is C18H21NO3S. The lowest BCUT2D eigenvalue weighted by Crippen LogP contribution is -2.35. The molecule has 0 saturated heterocycles. The zero-order valence-electron chi connectivity index (χ0n) is 13.5. The van der Waals surface area contributed by atoms with Gasteiger partial charge in [0.2, 0.25) is 0 Å². The van der Waals surface area contributed by atoms with E-state index in [0.29, 0.717) is 19.8 Å². The van der Waals surface area contributed by atoms with Crippen molar-refractivity contribution in [2.24, 2.45) is 0 Å². The van der Waals surface area contributed by atoms with Crippen molar-refractivity contribution < 1.29 is 14.3 Å². The Labute approximate surface area is 140 Å². The van der Waals surface area contributed by atoms with E-state index in [0.717, 1.165) is 35.6 Å². The molecule has 0 radical (unpaired) electrons. The van der Waals surface area contributed by atoms with Gasteiger partial charge in [0.1, 0.15) is 0 Å². The third kappa shape index (κ3) is 3.34. The molecule has 0 N–H and O–H groups in total. The van der Waals surface area contributed by atoms with Crippen LogP contribution in [-0.2, 0) is 13.0 Å². The minimum atomic E-state index is 0.101. The van der Waals surface area contributed by atoms with E-state index >= 15 is 0 Å². The van der Waals surface area contributed by atoms with Gasteiger partial charge in [0.15, 0.2) is 11.5 Å². The van der Waals surface area contributed by atoms with Crippen molar-refractivity contribution in [3.8, 4) is 11.5 Å². The summed E-state index contributed by atoms with van der Waals surface area (Å²) < 4.78 is 11.4. The Kier molecular flexibility index (Phi) is 4.86. The van der Waals surface area contributed by atoms with Gasteiger partial charge >= 0.3 is 0 Å². The lowest BCUT2D eigenvalue weighted by Gasteiger charge is -2.29. The van der Waals surface area contributed by atoms with Gasteiger partial charge in [-0.25, -0.2) is 0 Å². The molecular weight excluding hydrogens is 310 g/mol. The molecule has 23 heavy (non-hydrogen) atoms. The van der Waals surface area contributed by atoms with Crippen LogP contribution in [0, 0.1) is 0 Å². The van der Waals surface area contributed by atoms with Crippen molar-refractivity contribution in [1.29, 1.82) is 0 Å².